The third kappa shape index (κ3) is 5.50. The summed E-state index contributed by atoms with van der Waals surface area (Å²) in [5.74, 6) is 0.897. The molecule has 0 spiro atoms. The molecular weight excluding hydrogens is 188 g/mol. The van der Waals surface area contributed by atoms with E-state index in [0.717, 1.165) is 18.8 Å². The Morgan fingerprint density at radius 2 is 1.87 bits per heavy atom. The third-order valence-corrected chi connectivity index (χ3v) is 3.21. The molecule has 1 fully saturated rings. The first-order valence-corrected chi connectivity index (χ1v) is 6.20. The highest BCUT2D eigenvalue weighted by Crippen LogP contribution is 2.17. The van der Waals surface area contributed by atoms with Crippen molar-refractivity contribution in [2.45, 2.75) is 25.7 Å². The van der Waals surface area contributed by atoms with E-state index in [4.69, 9.17) is 5.11 Å². The van der Waals surface area contributed by atoms with Crippen molar-refractivity contribution in [3.63, 3.8) is 0 Å². The van der Waals surface area contributed by atoms with E-state index in [9.17, 15) is 0 Å². The molecular formula is C12H26N2O. The number of hydrogen-bond acceptors (Lipinski definition) is 3. The number of nitrogens with zero attached hydrogens (tertiary/aromatic N) is 2. The Kier molecular flexibility index (Phi) is 6.22. The normalized spacial score (nSPS) is 20.0. The first-order chi connectivity index (χ1) is 7.22. The summed E-state index contributed by atoms with van der Waals surface area (Å²) in [6.45, 7) is 5.27. The Hall–Kier alpha value is -0.120. The lowest BCUT2D eigenvalue weighted by Crippen LogP contribution is -2.37. The molecule has 0 aliphatic carbocycles. The van der Waals surface area contributed by atoms with E-state index in [0.29, 0.717) is 6.61 Å². The molecule has 0 aromatic rings. The van der Waals surface area contributed by atoms with Crippen LogP contribution in [0.4, 0.5) is 0 Å². The van der Waals surface area contributed by atoms with Crippen LogP contribution in [0.2, 0.25) is 0 Å². The average Bonchev–Trinajstić information content (AvgIpc) is 2.20. The largest absolute Gasteiger partial charge is 0.396 e. The van der Waals surface area contributed by atoms with Crippen LogP contribution in [0.25, 0.3) is 0 Å². The van der Waals surface area contributed by atoms with E-state index in [1.807, 2.05) is 0 Å². The number of hydrogen-bond donors (Lipinski definition) is 1. The van der Waals surface area contributed by atoms with Crippen LogP contribution < -0.4 is 0 Å². The van der Waals surface area contributed by atoms with Crippen LogP contribution in [0.15, 0.2) is 0 Å². The fraction of sp³-hybridized carbons (Fsp3) is 1.00. The lowest BCUT2D eigenvalue weighted by molar-refractivity contribution is 0.157. The quantitative estimate of drug-likeness (QED) is 0.669. The summed E-state index contributed by atoms with van der Waals surface area (Å²) in [7, 11) is 4.32. The molecule has 3 nitrogen and oxygen atoms in total. The molecule has 0 aromatic heterocycles. The summed E-state index contributed by atoms with van der Waals surface area (Å²) in [6.07, 6.45) is 4.79. The van der Waals surface area contributed by atoms with Crippen molar-refractivity contribution in [3.05, 3.63) is 0 Å². The van der Waals surface area contributed by atoms with Gasteiger partial charge in [-0.3, -0.25) is 0 Å². The van der Waals surface area contributed by atoms with Crippen molar-refractivity contribution >= 4 is 0 Å². The van der Waals surface area contributed by atoms with Crippen molar-refractivity contribution in [2.75, 3.05) is 46.9 Å². The van der Waals surface area contributed by atoms with Crippen molar-refractivity contribution in [1.29, 1.82) is 0 Å². The molecule has 0 bridgehead atoms. The molecule has 1 aliphatic rings. The van der Waals surface area contributed by atoms with Gasteiger partial charge in [0.25, 0.3) is 0 Å². The molecule has 1 aliphatic heterocycles. The highest BCUT2D eigenvalue weighted by molar-refractivity contribution is 4.73. The molecule has 15 heavy (non-hydrogen) atoms. The zero-order chi connectivity index (χ0) is 11.1. The Morgan fingerprint density at radius 1 is 1.20 bits per heavy atom. The van der Waals surface area contributed by atoms with Gasteiger partial charge in [0.1, 0.15) is 0 Å². The molecule has 3 heteroatoms. The van der Waals surface area contributed by atoms with Crippen LogP contribution in [-0.4, -0.2) is 61.8 Å². The predicted octanol–water partition coefficient (Wildman–Crippen LogP) is 1.03. The number of aliphatic hydroxyl groups excluding tert-OH is 1. The Bertz CT molecular complexity index is 154. The minimum Gasteiger partial charge on any atom is -0.396 e. The monoisotopic (exact) mass is 214 g/mol. The highest BCUT2D eigenvalue weighted by Gasteiger charge is 2.18. The second-order valence-corrected chi connectivity index (χ2v) is 4.98. The molecule has 0 saturated carbocycles. The Morgan fingerprint density at radius 3 is 2.40 bits per heavy atom. The molecule has 0 atom stereocenters. The Balaban J connectivity index is 2.07. The second kappa shape index (κ2) is 7.20. The summed E-state index contributed by atoms with van der Waals surface area (Å²) in [6, 6.07) is 0. The molecule has 0 amide bonds. The summed E-state index contributed by atoms with van der Waals surface area (Å²) in [5, 5.41) is 8.71. The van der Waals surface area contributed by atoms with E-state index in [-0.39, 0.29) is 0 Å². The lowest BCUT2D eigenvalue weighted by Gasteiger charge is -2.33. The minimum atomic E-state index is 0.344. The van der Waals surface area contributed by atoms with Crippen molar-refractivity contribution in [2.24, 2.45) is 5.92 Å². The standard InChI is InChI=1S/C12H26N2O/c1-13(2)11-12-5-8-14(9-6-12)7-3-4-10-15/h12,15H,3-11H2,1-2H3. The van der Waals surface area contributed by atoms with Crippen LogP contribution in [0.5, 0.6) is 0 Å². The van der Waals surface area contributed by atoms with Crippen molar-refractivity contribution in [3.8, 4) is 0 Å². The molecule has 0 unspecified atom stereocenters. The van der Waals surface area contributed by atoms with Gasteiger partial charge in [-0.25, -0.2) is 0 Å². The van der Waals surface area contributed by atoms with Gasteiger partial charge in [0.05, 0.1) is 0 Å². The molecule has 0 radical (unpaired) electrons. The van der Waals surface area contributed by atoms with Crippen molar-refractivity contribution in [1.82, 2.24) is 9.80 Å². The van der Waals surface area contributed by atoms with Gasteiger partial charge in [0.15, 0.2) is 0 Å². The molecule has 1 heterocycles. The van der Waals surface area contributed by atoms with E-state index < -0.39 is 0 Å². The van der Waals surface area contributed by atoms with Crippen LogP contribution in [0, 0.1) is 5.92 Å². The number of aliphatic hydroxyl groups is 1. The van der Waals surface area contributed by atoms with E-state index in [2.05, 4.69) is 23.9 Å². The van der Waals surface area contributed by atoms with Gasteiger partial charge in [-0.2, -0.15) is 0 Å². The first kappa shape index (κ1) is 12.9. The molecule has 1 N–H and O–H groups in total. The summed E-state index contributed by atoms with van der Waals surface area (Å²) in [5.41, 5.74) is 0. The van der Waals surface area contributed by atoms with Gasteiger partial charge >= 0.3 is 0 Å². The molecule has 1 saturated heterocycles. The predicted molar refractivity (Wildman–Crippen MR) is 64.0 cm³/mol. The number of rotatable bonds is 6. The first-order valence-electron chi connectivity index (χ1n) is 6.20. The SMILES string of the molecule is CN(C)CC1CCN(CCCCO)CC1. The van der Waals surface area contributed by atoms with Crippen LogP contribution in [0.3, 0.4) is 0 Å². The minimum absolute atomic E-state index is 0.344. The smallest absolute Gasteiger partial charge is 0.0431 e. The third-order valence-electron chi connectivity index (χ3n) is 3.21. The fourth-order valence-electron chi connectivity index (χ4n) is 2.36. The molecule has 90 valence electrons. The summed E-state index contributed by atoms with van der Waals surface area (Å²) < 4.78 is 0. The fourth-order valence-corrected chi connectivity index (χ4v) is 2.36. The van der Waals surface area contributed by atoms with E-state index in [1.165, 1.54) is 39.0 Å². The molecule has 1 rings (SSSR count). The van der Waals surface area contributed by atoms with Gasteiger partial charge in [-0.1, -0.05) is 0 Å². The van der Waals surface area contributed by atoms with Gasteiger partial charge in [0.2, 0.25) is 0 Å². The molecule has 0 aromatic carbocycles. The Labute approximate surface area is 94.1 Å². The summed E-state index contributed by atoms with van der Waals surface area (Å²) >= 11 is 0. The average molecular weight is 214 g/mol. The van der Waals surface area contributed by atoms with E-state index >= 15 is 0 Å². The maximum atomic E-state index is 8.71. The van der Waals surface area contributed by atoms with Crippen LogP contribution >= 0.6 is 0 Å². The van der Waals surface area contributed by atoms with Gasteiger partial charge in [0, 0.05) is 13.2 Å². The van der Waals surface area contributed by atoms with Gasteiger partial charge < -0.3 is 14.9 Å². The van der Waals surface area contributed by atoms with Crippen LogP contribution in [-0.2, 0) is 0 Å². The van der Waals surface area contributed by atoms with Gasteiger partial charge in [-0.15, -0.1) is 0 Å². The second-order valence-electron chi connectivity index (χ2n) is 4.98. The lowest BCUT2D eigenvalue weighted by atomic mass is 9.96. The van der Waals surface area contributed by atoms with E-state index in [1.54, 1.807) is 0 Å². The topological polar surface area (TPSA) is 26.7 Å². The van der Waals surface area contributed by atoms with Gasteiger partial charge in [-0.05, 0) is 65.3 Å². The zero-order valence-electron chi connectivity index (χ0n) is 10.3. The van der Waals surface area contributed by atoms with Crippen molar-refractivity contribution < 1.29 is 5.11 Å². The number of piperidine rings is 1. The number of likely N-dealkylation sites (tertiary alicyclic amines) is 1. The maximum absolute atomic E-state index is 8.71. The summed E-state index contributed by atoms with van der Waals surface area (Å²) in [4.78, 5) is 4.84. The number of unbranched alkanes of at least 4 members (excludes halogenated alkanes) is 1. The maximum Gasteiger partial charge on any atom is 0.0431 e. The highest BCUT2D eigenvalue weighted by atomic mass is 16.2. The zero-order valence-corrected chi connectivity index (χ0v) is 10.3. The van der Waals surface area contributed by atoms with Crippen LogP contribution in [0.1, 0.15) is 25.7 Å².